The lowest BCUT2D eigenvalue weighted by atomic mass is 10.0. The first-order valence-electron chi connectivity index (χ1n) is 6.18. The third-order valence-corrected chi connectivity index (χ3v) is 3.82. The number of aromatic amines is 1. The van der Waals surface area contributed by atoms with E-state index in [4.69, 9.17) is 5.73 Å². The predicted molar refractivity (Wildman–Crippen MR) is 68.9 cm³/mol. The lowest BCUT2D eigenvalue weighted by Crippen LogP contribution is -2.40. The standard InChI is InChI=1S/C11H15N5O4/c12-10-14-8-7(9(19)15-10)13-4-16(8)5-1-6(18)11(20,2-5)3-17/h4-6,17-18,20H,1-3H2,(H3,12,14,15,19)/t5-,6-,11+/m0/s1. The fourth-order valence-corrected chi connectivity index (χ4v) is 2.70. The van der Waals surface area contributed by atoms with Gasteiger partial charge in [-0.2, -0.15) is 4.98 Å². The van der Waals surface area contributed by atoms with Crippen LogP contribution < -0.4 is 11.3 Å². The van der Waals surface area contributed by atoms with Crippen molar-refractivity contribution in [1.29, 1.82) is 0 Å². The van der Waals surface area contributed by atoms with Gasteiger partial charge in [0.1, 0.15) is 5.60 Å². The van der Waals surface area contributed by atoms with Gasteiger partial charge in [-0.3, -0.25) is 9.78 Å². The molecule has 0 amide bonds. The van der Waals surface area contributed by atoms with Crippen molar-refractivity contribution < 1.29 is 15.3 Å². The summed E-state index contributed by atoms with van der Waals surface area (Å²) < 4.78 is 1.60. The molecular weight excluding hydrogens is 266 g/mol. The molecule has 0 aliphatic heterocycles. The Morgan fingerprint density at radius 3 is 3.00 bits per heavy atom. The molecule has 0 spiro atoms. The Morgan fingerprint density at radius 2 is 2.35 bits per heavy atom. The first-order chi connectivity index (χ1) is 9.44. The number of nitrogens with zero attached hydrogens (tertiary/aromatic N) is 3. The third kappa shape index (κ3) is 1.79. The van der Waals surface area contributed by atoms with Gasteiger partial charge >= 0.3 is 0 Å². The zero-order valence-corrected chi connectivity index (χ0v) is 10.5. The highest BCUT2D eigenvalue weighted by Gasteiger charge is 2.46. The lowest BCUT2D eigenvalue weighted by Gasteiger charge is -2.23. The van der Waals surface area contributed by atoms with Crippen LogP contribution >= 0.6 is 0 Å². The number of hydrogen-bond acceptors (Lipinski definition) is 7. The number of H-pyrrole nitrogens is 1. The van der Waals surface area contributed by atoms with E-state index >= 15 is 0 Å². The molecule has 6 N–H and O–H groups in total. The summed E-state index contributed by atoms with van der Waals surface area (Å²) in [6, 6.07) is -0.319. The van der Waals surface area contributed by atoms with Gasteiger partial charge in [0.05, 0.1) is 19.0 Å². The van der Waals surface area contributed by atoms with E-state index in [-0.39, 0.29) is 30.3 Å². The Balaban J connectivity index is 2.06. The van der Waals surface area contributed by atoms with E-state index in [9.17, 15) is 20.1 Å². The molecule has 0 aromatic carbocycles. The molecule has 1 aliphatic rings. The van der Waals surface area contributed by atoms with Crippen LogP contribution in [0.25, 0.3) is 11.2 Å². The number of aliphatic hydroxyl groups is 3. The highest BCUT2D eigenvalue weighted by molar-refractivity contribution is 5.70. The topological polar surface area (TPSA) is 150 Å². The largest absolute Gasteiger partial charge is 0.393 e. The van der Waals surface area contributed by atoms with Gasteiger partial charge in [0.2, 0.25) is 5.95 Å². The average molecular weight is 281 g/mol. The summed E-state index contributed by atoms with van der Waals surface area (Å²) in [6.45, 7) is -0.534. The second-order valence-corrected chi connectivity index (χ2v) is 5.15. The molecule has 20 heavy (non-hydrogen) atoms. The van der Waals surface area contributed by atoms with Crippen molar-refractivity contribution in [3.05, 3.63) is 16.7 Å². The van der Waals surface area contributed by atoms with Gasteiger partial charge in [-0.05, 0) is 6.42 Å². The van der Waals surface area contributed by atoms with Crippen molar-refractivity contribution in [3.63, 3.8) is 0 Å². The molecule has 3 rings (SSSR count). The summed E-state index contributed by atoms with van der Waals surface area (Å²) in [5, 5.41) is 29.1. The fraction of sp³-hybridized carbons (Fsp3) is 0.545. The molecule has 1 aliphatic carbocycles. The van der Waals surface area contributed by atoms with Crippen LogP contribution in [0.2, 0.25) is 0 Å². The number of nitrogens with two attached hydrogens (primary N) is 1. The van der Waals surface area contributed by atoms with Crippen LogP contribution in [0, 0.1) is 0 Å². The lowest BCUT2D eigenvalue weighted by molar-refractivity contribution is -0.0855. The van der Waals surface area contributed by atoms with E-state index in [0.29, 0.717) is 5.65 Å². The highest BCUT2D eigenvalue weighted by atomic mass is 16.4. The minimum absolute atomic E-state index is 0.0276. The SMILES string of the molecule is Nc1nc2c(ncn2[C@H]2C[C@H](O)[C@](O)(CO)C2)c(=O)[nH]1. The molecule has 2 heterocycles. The summed E-state index contributed by atoms with van der Waals surface area (Å²) in [6.07, 6.45) is 0.753. The Hall–Kier alpha value is -1.97. The molecule has 9 heteroatoms. The predicted octanol–water partition coefficient (Wildman–Crippen LogP) is -1.88. The molecule has 108 valence electrons. The highest BCUT2D eigenvalue weighted by Crippen LogP contribution is 2.38. The van der Waals surface area contributed by atoms with Crippen molar-refractivity contribution >= 4 is 17.1 Å². The van der Waals surface area contributed by atoms with Crippen molar-refractivity contribution in [1.82, 2.24) is 19.5 Å². The molecule has 0 unspecified atom stereocenters. The average Bonchev–Trinajstić information content (AvgIpc) is 2.92. The van der Waals surface area contributed by atoms with Crippen LogP contribution in [0.1, 0.15) is 18.9 Å². The van der Waals surface area contributed by atoms with Crippen LogP contribution in [0.5, 0.6) is 0 Å². The number of imidazole rings is 1. The van der Waals surface area contributed by atoms with Crippen LogP contribution in [-0.2, 0) is 0 Å². The summed E-state index contributed by atoms with van der Waals surface area (Å²) in [5.41, 5.74) is 3.96. The molecule has 3 atom stereocenters. The minimum atomic E-state index is -1.55. The zero-order chi connectivity index (χ0) is 14.5. The zero-order valence-electron chi connectivity index (χ0n) is 10.5. The number of aliphatic hydroxyl groups excluding tert-OH is 2. The van der Waals surface area contributed by atoms with E-state index in [2.05, 4.69) is 15.0 Å². The van der Waals surface area contributed by atoms with Crippen LogP contribution in [0.4, 0.5) is 5.95 Å². The van der Waals surface area contributed by atoms with E-state index in [1.54, 1.807) is 4.57 Å². The third-order valence-electron chi connectivity index (χ3n) is 3.82. The van der Waals surface area contributed by atoms with Crippen LogP contribution in [0.3, 0.4) is 0 Å². The maximum atomic E-state index is 11.7. The number of nitrogen functional groups attached to an aromatic ring is 1. The normalized spacial score (nSPS) is 30.1. The molecule has 1 saturated carbocycles. The van der Waals surface area contributed by atoms with Crippen molar-refractivity contribution in [2.24, 2.45) is 0 Å². The summed E-state index contributed by atoms with van der Waals surface area (Å²) >= 11 is 0. The number of fused-ring (bicyclic) bond motifs is 1. The quantitative estimate of drug-likeness (QED) is 0.432. The molecule has 1 fully saturated rings. The van der Waals surface area contributed by atoms with Gasteiger partial charge < -0.3 is 25.6 Å². The number of rotatable bonds is 2. The minimum Gasteiger partial charge on any atom is -0.393 e. The van der Waals surface area contributed by atoms with Crippen LogP contribution in [-0.4, -0.2) is 53.2 Å². The Morgan fingerprint density at radius 1 is 1.60 bits per heavy atom. The van der Waals surface area contributed by atoms with Gasteiger partial charge in [-0.15, -0.1) is 0 Å². The molecular formula is C11H15N5O4. The van der Waals surface area contributed by atoms with Gasteiger partial charge in [0, 0.05) is 12.5 Å². The van der Waals surface area contributed by atoms with Gasteiger partial charge in [-0.1, -0.05) is 0 Å². The van der Waals surface area contributed by atoms with E-state index in [0.717, 1.165) is 0 Å². The smallest absolute Gasteiger partial charge is 0.280 e. The Bertz CT molecular complexity index is 710. The Labute approximate surface area is 112 Å². The van der Waals surface area contributed by atoms with E-state index in [1.807, 2.05) is 0 Å². The molecule has 2 aromatic heterocycles. The van der Waals surface area contributed by atoms with E-state index in [1.165, 1.54) is 6.33 Å². The van der Waals surface area contributed by atoms with Crippen molar-refractivity contribution in [2.75, 3.05) is 12.3 Å². The van der Waals surface area contributed by atoms with Crippen molar-refractivity contribution in [2.45, 2.75) is 30.6 Å². The first-order valence-corrected chi connectivity index (χ1v) is 6.18. The molecule has 2 aromatic rings. The molecule has 0 bridgehead atoms. The summed E-state index contributed by atoms with van der Waals surface area (Å²) in [5.74, 6) is -0.0276. The maximum absolute atomic E-state index is 11.7. The maximum Gasteiger partial charge on any atom is 0.280 e. The first kappa shape index (κ1) is 13.0. The number of nitrogens with one attached hydrogen (secondary N) is 1. The second kappa shape index (κ2) is 4.27. The number of anilines is 1. The second-order valence-electron chi connectivity index (χ2n) is 5.15. The Kier molecular flexibility index (Phi) is 2.78. The van der Waals surface area contributed by atoms with Gasteiger partial charge in [0.15, 0.2) is 11.2 Å². The monoisotopic (exact) mass is 281 g/mol. The summed E-state index contributed by atoms with van der Waals surface area (Å²) in [7, 11) is 0. The number of aromatic nitrogens is 4. The van der Waals surface area contributed by atoms with Crippen LogP contribution in [0.15, 0.2) is 11.1 Å². The van der Waals surface area contributed by atoms with Gasteiger partial charge in [0.25, 0.3) is 5.56 Å². The molecule has 0 radical (unpaired) electrons. The fourth-order valence-electron chi connectivity index (χ4n) is 2.70. The van der Waals surface area contributed by atoms with Crippen molar-refractivity contribution in [3.8, 4) is 0 Å². The molecule has 9 nitrogen and oxygen atoms in total. The number of hydrogen-bond donors (Lipinski definition) is 5. The summed E-state index contributed by atoms with van der Waals surface area (Å²) in [4.78, 5) is 22.0. The van der Waals surface area contributed by atoms with Gasteiger partial charge in [-0.25, -0.2) is 4.98 Å². The van der Waals surface area contributed by atoms with E-state index < -0.39 is 23.9 Å². The molecule has 0 saturated heterocycles.